The molecule has 3 rings (SSSR count). The minimum atomic E-state index is -1.35. The standard InChI is InChI=1S/C20H25N3O5/c1-13(2)27-10-6-9-21-17(24)12-23-18(25)20(3,22-19(23)26)16-11-14-7-4-5-8-15(14)28-16/h4-5,7-8,11,13H,6,9-10,12H2,1-3H3,(H,21,24)(H,22,26). The van der Waals surface area contributed by atoms with Gasteiger partial charge in [-0.25, -0.2) is 4.79 Å². The molecular formula is C20H25N3O5. The molecule has 1 saturated heterocycles. The van der Waals surface area contributed by atoms with E-state index in [1.54, 1.807) is 19.1 Å². The summed E-state index contributed by atoms with van der Waals surface area (Å²) in [5.74, 6) is -0.586. The van der Waals surface area contributed by atoms with Crippen LogP contribution in [0, 0.1) is 0 Å². The van der Waals surface area contributed by atoms with E-state index in [9.17, 15) is 14.4 Å². The number of benzene rings is 1. The van der Waals surface area contributed by atoms with Crippen LogP contribution in [0.1, 0.15) is 33.0 Å². The van der Waals surface area contributed by atoms with Crippen LogP contribution in [-0.2, 0) is 19.9 Å². The van der Waals surface area contributed by atoms with Crippen molar-refractivity contribution in [3.05, 3.63) is 36.1 Å². The fourth-order valence-electron chi connectivity index (χ4n) is 3.05. The summed E-state index contributed by atoms with van der Waals surface area (Å²) in [6, 6.07) is 8.45. The van der Waals surface area contributed by atoms with Gasteiger partial charge in [0.05, 0.1) is 6.10 Å². The predicted molar refractivity (Wildman–Crippen MR) is 103 cm³/mol. The van der Waals surface area contributed by atoms with Gasteiger partial charge in [-0.1, -0.05) is 18.2 Å². The van der Waals surface area contributed by atoms with Crippen molar-refractivity contribution in [3.63, 3.8) is 0 Å². The number of nitrogens with one attached hydrogen (secondary N) is 2. The minimum absolute atomic E-state index is 0.137. The Balaban J connectivity index is 1.62. The highest BCUT2D eigenvalue weighted by Crippen LogP contribution is 2.32. The zero-order valence-corrected chi connectivity index (χ0v) is 16.3. The van der Waals surface area contributed by atoms with Crippen molar-refractivity contribution in [3.8, 4) is 0 Å². The van der Waals surface area contributed by atoms with Crippen molar-refractivity contribution >= 4 is 28.8 Å². The molecule has 4 amide bonds. The molecule has 1 fully saturated rings. The van der Waals surface area contributed by atoms with E-state index in [2.05, 4.69) is 10.6 Å². The number of rotatable bonds is 8. The molecule has 28 heavy (non-hydrogen) atoms. The third-order valence-electron chi connectivity index (χ3n) is 4.59. The molecular weight excluding hydrogens is 362 g/mol. The predicted octanol–water partition coefficient (Wildman–Crippen LogP) is 2.13. The average molecular weight is 387 g/mol. The molecule has 8 nitrogen and oxygen atoms in total. The Bertz CT molecular complexity index is 858. The molecule has 0 spiro atoms. The van der Waals surface area contributed by atoms with E-state index in [-0.39, 0.29) is 12.6 Å². The van der Waals surface area contributed by atoms with Crippen LogP contribution >= 0.6 is 0 Å². The molecule has 8 heteroatoms. The lowest BCUT2D eigenvalue weighted by atomic mass is 9.99. The van der Waals surface area contributed by atoms with Crippen molar-refractivity contribution in [1.82, 2.24) is 15.5 Å². The summed E-state index contributed by atoms with van der Waals surface area (Å²) in [7, 11) is 0. The Hall–Kier alpha value is -2.87. The summed E-state index contributed by atoms with van der Waals surface area (Å²) in [6.07, 6.45) is 0.790. The highest BCUT2D eigenvalue weighted by atomic mass is 16.5. The molecule has 0 saturated carbocycles. The highest BCUT2D eigenvalue weighted by Gasteiger charge is 2.51. The first kappa shape index (κ1) is 19.9. The Morgan fingerprint density at radius 2 is 2.07 bits per heavy atom. The maximum absolute atomic E-state index is 12.9. The molecule has 0 aliphatic carbocycles. The van der Waals surface area contributed by atoms with Gasteiger partial charge in [0.15, 0.2) is 5.54 Å². The van der Waals surface area contributed by atoms with Crippen LogP contribution in [0.15, 0.2) is 34.7 Å². The first-order chi connectivity index (χ1) is 13.3. The molecule has 1 aliphatic heterocycles. The van der Waals surface area contributed by atoms with Crippen molar-refractivity contribution in [2.45, 2.75) is 38.8 Å². The number of imide groups is 1. The van der Waals surface area contributed by atoms with E-state index in [0.29, 0.717) is 30.9 Å². The smallest absolute Gasteiger partial charge is 0.325 e. The Labute approximate surface area is 163 Å². The molecule has 0 bridgehead atoms. The molecule has 1 atom stereocenters. The zero-order chi connectivity index (χ0) is 20.3. The van der Waals surface area contributed by atoms with Gasteiger partial charge < -0.3 is 19.8 Å². The number of carbonyl (C=O) groups excluding carboxylic acids is 3. The lowest BCUT2D eigenvalue weighted by Gasteiger charge is -2.18. The summed E-state index contributed by atoms with van der Waals surface area (Å²) in [6.45, 7) is 6.06. The second kappa shape index (κ2) is 8.02. The third kappa shape index (κ3) is 4.01. The summed E-state index contributed by atoms with van der Waals surface area (Å²) in [5.41, 5.74) is -0.720. The number of carbonyl (C=O) groups is 3. The SMILES string of the molecule is CC(C)OCCCNC(=O)CN1C(=O)NC(C)(c2cc3ccccc3o2)C1=O. The number of furan rings is 1. The summed E-state index contributed by atoms with van der Waals surface area (Å²) >= 11 is 0. The lowest BCUT2D eigenvalue weighted by Crippen LogP contribution is -2.43. The van der Waals surface area contributed by atoms with Crippen LogP contribution in [-0.4, -0.2) is 48.5 Å². The van der Waals surface area contributed by atoms with Crippen molar-refractivity contribution in [1.29, 1.82) is 0 Å². The quantitative estimate of drug-likeness (QED) is 0.534. The minimum Gasteiger partial charge on any atom is -0.458 e. The van der Waals surface area contributed by atoms with Gasteiger partial charge in [0, 0.05) is 18.5 Å². The number of para-hydroxylation sites is 1. The van der Waals surface area contributed by atoms with E-state index in [0.717, 1.165) is 10.3 Å². The summed E-state index contributed by atoms with van der Waals surface area (Å²) in [5, 5.41) is 6.18. The fraction of sp³-hybridized carbons (Fsp3) is 0.450. The molecule has 1 unspecified atom stereocenters. The number of nitrogens with zero attached hydrogens (tertiary/aromatic N) is 1. The molecule has 0 radical (unpaired) electrons. The maximum atomic E-state index is 12.9. The first-order valence-electron chi connectivity index (χ1n) is 9.32. The van der Waals surface area contributed by atoms with Gasteiger partial charge in [-0.2, -0.15) is 0 Å². The van der Waals surface area contributed by atoms with Gasteiger partial charge in [-0.15, -0.1) is 0 Å². The molecule has 1 aliphatic rings. The number of amides is 4. The molecule has 2 N–H and O–H groups in total. The summed E-state index contributed by atoms with van der Waals surface area (Å²) in [4.78, 5) is 38.2. The van der Waals surface area contributed by atoms with Crippen LogP contribution in [0.4, 0.5) is 4.79 Å². The van der Waals surface area contributed by atoms with Gasteiger partial charge in [-0.05, 0) is 39.3 Å². The Morgan fingerprint density at radius 1 is 1.32 bits per heavy atom. The molecule has 1 aromatic heterocycles. The van der Waals surface area contributed by atoms with Gasteiger partial charge in [0.2, 0.25) is 5.91 Å². The van der Waals surface area contributed by atoms with Crippen LogP contribution < -0.4 is 10.6 Å². The maximum Gasteiger partial charge on any atom is 0.325 e. The van der Waals surface area contributed by atoms with Crippen LogP contribution in [0.25, 0.3) is 11.0 Å². The highest BCUT2D eigenvalue weighted by molar-refractivity contribution is 6.09. The van der Waals surface area contributed by atoms with E-state index >= 15 is 0 Å². The van der Waals surface area contributed by atoms with Crippen LogP contribution in [0.2, 0.25) is 0 Å². The topological polar surface area (TPSA) is 101 Å². The molecule has 2 aromatic rings. The van der Waals surface area contributed by atoms with Gasteiger partial charge in [-0.3, -0.25) is 14.5 Å². The second-order valence-electron chi connectivity index (χ2n) is 7.22. The van der Waals surface area contributed by atoms with Crippen molar-refractivity contribution < 1.29 is 23.5 Å². The third-order valence-corrected chi connectivity index (χ3v) is 4.59. The second-order valence-corrected chi connectivity index (χ2v) is 7.22. The number of ether oxygens (including phenoxy) is 1. The Kier molecular flexibility index (Phi) is 5.69. The largest absolute Gasteiger partial charge is 0.458 e. The van der Waals surface area contributed by atoms with Crippen LogP contribution in [0.3, 0.4) is 0 Å². The van der Waals surface area contributed by atoms with E-state index in [1.807, 2.05) is 32.0 Å². The number of hydrogen-bond acceptors (Lipinski definition) is 5. The van der Waals surface area contributed by atoms with E-state index in [4.69, 9.17) is 9.15 Å². The van der Waals surface area contributed by atoms with Gasteiger partial charge in [0.1, 0.15) is 17.9 Å². The summed E-state index contributed by atoms with van der Waals surface area (Å²) < 4.78 is 11.2. The zero-order valence-electron chi connectivity index (χ0n) is 16.3. The number of fused-ring (bicyclic) bond motifs is 1. The number of urea groups is 1. The van der Waals surface area contributed by atoms with Gasteiger partial charge in [0.25, 0.3) is 5.91 Å². The average Bonchev–Trinajstić information content (AvgIpc) is 3.17. The molecule has 1 aromatic carbocycles. The lowest BCUT2D eigenvalue weighted by molar-refractivity contribution is -0.135. The first-order valence-corrected chi connectivity index (χ1v) is 9.32. The van der Waals surface area contributed by atoms with Crippen molar-refractivity contribution in [2.75, 3.05) is 19.7 Å². The monoisotopic (exact) mass is 387 g/mol. The van der Waals surface area contributed by atoms with Crippen molar-refractivity contribution in [2.24, 2.45) is 0 Å². The van der Waals surface area contributed by atoms with E-state index in [1.165, 1.54) is 0 Å². The van der Waals surface area contributed by atoms with Crippen LogP contribution in [0.5, 0.6) is 0 Å². The fourth-order valence-corrected chi connectivity index (χ4v) is 3.05. The molecule has 150 valence electrons. The van der Waals surface area contributed by atoms with E-state index < -0.39 is 23.4 Å². The normalized spacial score (nSPS) is 19.5. The molecule has 2 heterocycles. The number of hydrogen-bond donors (Lipinski definition) is 2. The Morgan fingerprint density at radius 3 is 2.79 bits per heavy atom. The van der Waals surface area contributed by atoms with Gasteiger partial charge >= 0.3 is 6.03 Å².